The van der Waals surface area contributed by atoms with Crippen molar-refractivity contribution in [1.29, 1.82) is 0 Å². The first-order valence-electron chi connectivity index (χ1n) is 5.92. The van der Waals surface area contributed by atoms with Crippen LogP contribution in [0.25, 0.3) is 0 Å². The lowest BCUT2D eigenvalue weighted by Gasteiger charge is -2.06. The summed E-state index contributed by atoms with van der Waals surface area (Å²) in [4.78, 5) is 4.13. The summed E-state index contributed by atoms with van der Waals surface area (Å²) in [6, 6.07) is 3.82. The molecule has 0 fully saturated rings. The number of rotatable bonds is 4. The predicted octanol–water partition coefficient (Wildman–Crippen LogP) is 2.70. The molecule has 18 heavy (non-hydrogen) atoms. The average Bonchev–Trinajstić information content (AvgIpc) is 2.78. The van der Waals surface area contributed by atoms with E-state index in [9.17, 15) is 5.11 Å². The Kier molecular flexibility index (Phi) is 3.62. The fraction of sp³-hybridized carbons (Fsp3) is 0.385. The highest BCUT2D eigenvalue weighted by Gasteiger charge is 2.06. The van der Waals surface area contributed by atoms with Crippen molar-refractivity contribution in [3.05, 3.63) is 36.3 Å². The van der Waals surface area contributed by atoms with E-state index in [2.05, 4.69) is 10.1 Å². The molecule has 0 saturated heterocycles. The number of aliphatic hydroxyl groups excluding tert-OH is 1. The van der Waals surface area contributed by atoms with Gasteiger partial charge in [0.15, 0.2) is 5.75 Å². The van der Waals surface area contributed by atoms with Crippen LogP contribution < -0.4 is 4.74 Å². The van der Waals surface area contributed by atoms with Crippen LogP contribution in [0.15, 0.2) is 30.7 Å². The number of aromatic nitrogens is 3. The van der Waals surface area contributed by atoms with Gasteiger partial charge in [0.1, 0.15) is 0 Å². The molecule has 2 rings (SSSR count). The molecule has 5 nitrogen and oxygen atoms in total. The van der Waals surface area contributed by atoms with Crippen molar-refractivity contribution in [2.75, 3.05) is 0 Å². The summed E-state index contributed by atoms with van der Waals surface area (Å²) < 4.78 is 7.39. The normalized spacial score (nSPS) is 12.7. The summed E-state index contributed by atoms with van der Waals surface area (Å²) in [5, 5.41) is 13.6. The molecule has 0 aliphatic heterocycles. The van der Waals surface area contributed by atoms with Gasteiger partial charge < -0.3 is 9.84 Å². The molecule has 0 radical (unpaired) electrons. The summed E-state index contributed by atoms with van der Waals surface area (Å²) in [7, 11) is 0. The maximum atomic E-state index is 9.37. The maximum Gasteiger partial charge on any atom is 0.219 e. The summed E-state index contributed by atoms with van der Waals surface area (Å²) >= 11 is 0. The van der Waals surface area contributed by atoms with Crippen molar-refractivity contribution in [2.45, 2.75) is 32.9 Å². The first-order valence-corrected chi connectivity index (χ1v) is 5.92. The topological polar surface area (TPSA) is 60.2 Å². The zero-order valence-electron chi connectivity index (χ0n) is 10.7. The summed E-state index contributed by atoms with van der Waals surface area (Å²) in [6.07, 6.45) is 4.57. The van der Waals surface area contributed by atoms with Gasteiger partial charge in [0.2, 0.25) is 5.88 Å². The molecule has 1 unspecified atom stereocenters. The Hall–Kier alpha value is -1.88. The Morgan fingerprint density at radius 2 is 2.00 bits per heavy atom. The van der Waals surface area contributed by atoms with Crippen molar-refractivity contribution >= 4 is 0 Å². The SMILES string of the molecule is CC(O)c1ccc(Oc2cnn(C(C)C)c2)nc1. The van der Waals surface area contributed by atoms with Crippen molar-refractivity contribution in [3.63, 3.8) is 0 Å². The second-order valence-corrected chi connectivity index (χ2v) is 4.46. The standard InChI is InChI=1S/C13H17N3O2/c1-9(2)16-8-12(7-15-16)18-13-5-4-11(6-14-13)10(3)17/h4-10,17H,1-3H3. The summed E-state index contributed by atoms with van der Waals surface area (Å²) in [5.41, 5.74) is 0.764. The minimum absolute atomic E-state index is 0.299. The molecular formula is C13H17N3O2. The van der Waals surface area contributed by atoms with Crippen LogP contribution in [0.3, 0.4) is 0 Å². The third-order valence-corrected chi connectivity index (χ3v) is 2.57. The highest BCUT2D eigenvalue weighted by molar-refractivity contribution is 5.24. The van der Waals surface area contributed by atoms with E-state index >= 15 is 0 Å². The second-order valence-electron chi connectivity index (χ2n) is 4.46. The van der Waals surface area contributed by atoms with Crippen molar-refractivity contribution in [1.82, 2.24) is 14.8 Å². The lowest BCUT2D eigenvalue weighted by molar-refractivity contribution is 0.198. The van der Waals surface area contributed by atoms with Crippen LogP contribution >= 0.6 is 0 Å². The van der Waals surface area contributed by atoms with Crippen molar-refractivity contribution < 1.29 is 9.84 Å². The maximum absolute atomic E-state index is 9.37. The van der Waals surface area contributed by atoms with E-state index in [4.69, 9.17) is 4.74 Å². The zero-order chi connectivity index (χ0) is 13.1. The Labute approximate surface area is 106 Å². The van der Waals surface area contributed by atoms with Crippen LogP contribution in [0.1, 0.15) is 38.5 Å². The molecule has 0 amide bonds. The molecule has 0 aliphatic carbocycles. The molecule has 2 aromatic heterocycles. The van der Waals surface area contributed by atoms with Gasteiger partial charge in [-0.3, -0.25) is 4.68 Å². The highest BCUT2D eigenvalue weighted by atomic mass is 16.5. The van der Waals surface area contributed by atoms with E-state index in [1.54, 1.807) is 31.5 Å². The predicted molar refractivity (Wildman–Crippen MR) is 67.6 cm³/mol. The molecule has 0 saturated carbocycles. The summed E-state index contributed by atoms with van der Waals surface area (Å²) in [5.74, 6) is 1.14. The molecule has 2 heterocycles. The van der Waals surface area contributed by atoms with E-state index < -0.39 is 6.10 Å². The van der Waals surface area contributed by atoms with Gasteiger partial charge in [0.05, 0.1) is 18.5 Å². The van der Waals surface area contributed by atoms with Crippen LogP contribution in [0.5, 0.6) is 11.6 Å². The van der Waals surface area contributed by atoms with Gasteiger partial charge in [0, 0.05) is 18.3 Å². The van der Waals surface area contributed by atoms with E-state index in [1.807, 2.05) is 24.7 Å². The third-order valence-electron chi connectivity index (χ3n) is 2.57. The number of aliphatic hydroxyl groups is 1. The summed E-state index contributed by atoms with van der Waals surface area (Å²) in [6.45, 7) is 5.79. The van der Waals surface area contributed by atoms with Crippen molar-refractivity contribution in [3.8, 4) is 11.6 Å². The number of nitrogens with zero attached hydrogens (tertiary/aromatic N) is 3. The Balaban J connectivity index is 2.08. The van der Waals surface area contributed by atoms with Gasteiger partial charge in [-0.1, -0.05) is 0 Å². The van der Waals surface area contributed by atoms with E-state index in [1.165, 1.54) is 0 Å². The molecule has 0 aromatic carbocycles. The van der Waals surface area contributed by atoms with Gasteiger partial charge in [-0.15, -0.1) is 0 Å². The fourth-order valence-electron chi connectivity index (χ4n) is 1.48. The fourth-order valence-corrected chi connectivity index (χ4v) is 1.48. The number of hydrogen-bond acceptors (Lipinski definition) is 4. The molecule has 2 aromatic rings. The Morgan fingerprint density at radius 3 is 2.50 bits per heavy atom. The van der Waals surface area contributed by atoms with E-state index in [0.717, 1.165) is 5.56 Å². The van der Waals surface area contributed by atoms with Gasteiger partial charge in [-0.2, -0.15) is 5.10 Å². The first kappa shape index (κ1) is 12.6. The lowest BCUT2D eigenvalue weighted by Crippen LogP contribution is -1.99. The molecule has 5 heteroatoms. The highest BCUT2D eigenvalue weighted by Crippen LogP contribution is 2.21. The quantitative estimate of drug-likeness (QED) is 0.902. The van der Waals surface area contributed by atoms with E-state index in [-0.39, 0.29) is 0 Å². The Bertz CT molecular complexity index is 503. The van der Waals surface area contributed by atoms with Crippen LogP contribution in [-0.4, -0.2) is 19.9 Å². The lowest BCUT2D eigenvalue weighted by atomic mass is 10.2. The van der Waals surface area contributed by atoms with Gasteiger partial charge in [-0.25, -0.2) is 4.98 Å². The van der Waals surface area contributed by atoms with Crippen LogP contribution in [-0.2, 0) is 0 Å². The molecule has 96 valence electrons. The Morgan fingerprint density at radius 1 is 1.22 bits per heavy atom. The minimum atomic E-state index is -0.518. The largest absolute Gasteiger partial charge is 0.436 e. The second kappa shape index (κ2) is 5.18. The molecule has 0 spiro atoms. The number of ether oxygens (including phenoxy) is 1. The van der Waals surface area contributed by atoms with Crippen LogP contribution in [0, 0.1) is 0 Å². The first-order chi connectivity index (χ1) is 8.56. The molecule has 0 bridgehead atoms. The van der Waals surface area contributed by atoms with Gasteiger partial charge in [0.25, 0.3) is 0 Å². The number of hydrogen-bond donors (Lipinski definition) is 1. The molecule has 1 N–H and O–H groups in total. The monoisotopic (exact) mass is 247 g/mol. The van der Waals surface area contributed by atoms with Gasteiger partial charge >= 0.3 is 0 Å². The van der Waals surface area contributed by atoms with E-state index in [0.29, 0.717) is 17.7 Å². The van der Waals surface area contributed by atoms with Crippen LogP contribution in [0.4, 0.5) is 0 Å². The third kappa shape index (κ3) is 2.87. The number of pyridine rings is 1. The zero-order valence-corrected chi connectivity index (χ0v) is 10.7. The van der Waals surface area contributed by atoms with Crippen LogP contribution in [0.2, 0.25) is 0 Å². The average molecular weight is 247 g/mol. The molecule has 1 atom stereocenters. The van der Waals surface area contributed by atoms with Crippen molar-refractivity contribution in [2.24, 2.45) is 0 Å². The molecule has 0 aliphatic rings. The minimum Gasteiger partial charge on any atom is -0.436 e. The smallest absolute Gasteiger partial charge is 0.219 e. The molecular weight excluding hydrogens is 230 g/mol. The van der Waals surface area contributed by atoms with Gasteiger partial charge in [-0.05, 0) is 32.4 Å².